The summed E-state index contributed by atoms with van der Waals surface area (Å²) in [6, 6.07) is 43.8. The molecule has 5 aromatic carbocycles. The number of hydrogen-bond donors (Lipinski definition) is 0. The Morgan fingerprint density at radius 1 is 0.391 bits per heavy atom. The molecule has 0 fully saturated rings. The summed E-state index contributed by atoms with van der Waals surface area (Å²) >= 11 is 0. The highest BCUT2D eigenvalue weighted by Gasteiger charge is 2.58. The van der Waals surface area contributed by atoms with Gasteiger partial charge in [0.15, 0.2) is 11.4 Å². The van der Waals surface area contributed by atoms with Crippen molar-refractivity contribution < 1.29 is 26.2 Å². The smallest absolute Gasteiger partial charge is 0.393 e. The second kappa shape index (κ2) is 26.8. The summed E-state index contributed by atoms with van der Waals surface area (Å²) in [7, 11) is 0. The fourth-order valence-corrected chi connectivity index (χ4v) is 14.0. The van der Waals surface area contributed by atoms with Gasteiger partial charge in [0, 0.05) is 107 Å². The molecule has 0 bridgehead atoms. The molecule has 0 saturated heterocycles. The van der Waals surface area contributed by atoms with Crippen LogP contribution in [0.1, 0.15) is 185 Å². The van der Waals surface area contributed by atoms with Crippen molar-refractivity contribution in [3.8, 4) is 47.4 Å². The van der Waals surface area contributed by atoms with Crippen molar-refractivity contribution in [1.82, 2.24) is 8.96 Å². The Morgan fingerprint density at radius 2 is 0.707 bits per heavy atom. The number of halogens is 4. The molecule has 11 rings (SSSR count). The SMILES string of the molecule is CCCCN(CCCC)c1ccc(C#Cc2cc(C#Cc3ccc(N(CCCC)CCCC)cc3)c(C#CC3=C(C)C4=C(c5ccccc5)c5c(C)cc(C)n5[B-](F)(F)[N+]4=C3C)cc2C#CC2=C(C)C3=C(c4ccccc4)c4c(C)cc(C)n4[B-](F)(F)[N+]3=C2C)cc1. The Labute approximate surface area is 543 Å². The van der Waals surface area contributed by atoms with Gasteiger partial charge in [-0.1, -0.05) is 161 Å². The molecule has 0 radical (unpaired) electrons. The van der Waals surface area contributed by atoms with Crippen molar-refractivity contribution in [2.75, 3.05) is 36.0 Å². The molecule has 4 aliphatic heterocycles. The van der Waals surface area contributed by atoms with Crippen LogP contribution in [0.25, 0.3) is 11.1 Å². The largest absolute Gasteiger partial charge is 0.737 e. The Morgan fingerprint density at radius 3 is 1.02 bits per heavy atom. The second-order valence-electron chi connectivity index (χ2n) is 25.1. The first-order chi connectivity index (χ1) is 44.3. The van der Waals surface area contributed by atoms with Crippen LogP contribution in [0.3, 0.4) is 0 Å². The molecule has 0 saturated carbocycles. The standard InChI is InChI=1S/C80H82B2F4N6/c1-13-17-47-87(48-18-14-2)71-41-33-63(34-42-71)31-37-67-53-68(38-32-64-35-43-72(44-36-64)88(49-19-15-3)50-20-16-4)70(40-46-74-60(10)80-76(66-29-25-22-26-30-66)78-56(6)52-58(8)90(78)82(85,86)92(80)62(74)12)54-69(67)39-45-73-59(9)79-75(65-27-23-21-24-28-65)77-55(5)51-57(7)89(77)81(83,84)91(79)61(73)11/h21-30,33-36,41-44,51-54H,13-20,47-50H2,1-12H3. The molecule has 0 amide bonds. The zero-order valence-corrected chi connectivity index (χ0v) is 55.5. The molecule has 6 nitrogen and oxygen atoms in total. The maximum atomic E-state index is 17.5. The van der Waals surface area contributed by atoms with E-state index in [1.54, 1.807) is 27.7 Å². The normalized spacial score (nSPS) is 15.0. The van der Waals surface area contributed by atoms with Gasteiger partial charge < -0.3 is 45.0 Å². The summed E-state index contributed by atoms with van der Waals surface area (Å²) in [5.41, 5.74) is 16.4. The van der Waals surface area contributed by atoms with E-state index in [1.807, 2.05) is 113 Å². The van der Waals surface area contributed by atoms with Gasteiger partial charge in [-0.2, -0.15) is 0 Å². The topological polar surface area (TPSA) is 22.4 Å². The van der Waals surface area contributed by atoms with Crippen molar-refractivity contribution in [3.05, 3.63) is 246 Å². The van der Waals surface area contributed by atoms with E-state index < -0.39 is 13.9 Å². The van der Waals surface area contributed by atoms with Crippen LogP contribution in [0.2, 0.25) is 0 Å². The molecule has 6 heterocycles. The minimum atomic E-state index is -4.35. The summed E-state index contributed by atoms with van der Waals surface area (Å²) in [6.45, 7) is 18.6. The molecule has 0 N–H and O–H groups in total. The molecule has 0 unspecified atom stereocenters. The van der Waals surface area contributed by atoms with Crippen LogP contribution in [-0.4, -0.2) is 69.5 Å². The molecular weight excluding hydrogens is 1140 g/mol. The summed E-state index contributed by atoms with van der Waals surface area (Å²) in [5, 5.41) is 0. The number of anilines is 2. The Bertz CT molecular complexity index is 4240. The lowest BCUT2D eigenvalue weighted by Gasteiger charge is -2.34. The number of unbranched alkanes of at least 4 members (excludes halogenated alkanes) is 4. The summed E-state index contributed by atoms with van der Waals surface area (Å²) < 4.78 is 75.0. The van der Waals surface area contributed by atoms with E-state index in [2.05, 4.69) is 133 Å². The van der Waals surface area contributed by atoms with E-state index in [0.29, 0.717) is 90.1 Å². The number of hydrogen-bond acceptors (Lipinski definition) is 2. The monoisotopic (exact) mass is 1220 g/mol. The van der Waals surface area contributed by atoms with Crippen molar-refractivity contribution in [1.29, 1.82) is 0 Å². The number of rotatable bonds is 16. The van der Waals surface area contributed by atoms with Crippen LogP contribution >= 0.6 is 0 Å². The minimum absolute atomic E-state index is 0.345. The molecule has 466 valence electrons. The first kappa shape index (κ1) is 64.2. The highest BCUT2D eigenvalue weighted by Crippen LogP contribution is 2.47. The third kappa shape index (κ3) is 12.0. The lowest BCUT2D eigenvalue weighted by molar-refractivity contribution is -0.364. The van der Waals surface area contributed by atoms with Gasteiger partial charge in [0.1, 0.15) is 11.4 Å². The average Bonchev–Trinajstić information content (AvgIpc) is 1.52. The molecule has 0 aliphatic carbocycles. The molecule has 12 heteroatoms. The number of aryl methyl sites for hydroxylation is 4. The third-order valence-electron chi connectivity index (χ3n) is 18.6. The molecule has 0 spiro atoms. The van der Waals surface area contributed by atoms with Gasteiger partial charge in [-0.15, -0.1) is 0 Å². The molecular formula is C80H82B2F4N6. The van der Waals surface area contributed by atoms with E-state index in [-0.39, 0.29) is 0 Å². The van der Waals surface area contributed by atoms with E-state index in [0.717, 1.165) is 133 Å². The lowest BCUT2D eigenvalue weighted by atomic mass is 9.84. The minimum Gasteiger partial charge on any atom is -0.393 e. The fraction of sp³-hybridized carbons (Fsp3) is 0.300. The highest BCUT2D eigenvalue weighted by molar-refractivity contribution is 6.59. The zero-order valence-electron chi connectivity index (χ0n) is 55.5. The lowest BCUT2D eigenvalue weighted by Crippen LogP contribution is -2.51. The predicted molar refractivity (Wildman–Crippen MR) is 376 cm³/mol. The van der Waals surface area contributed by atoms with E-state index in [9.17, 15) is 0 Å². The van der Waals surface area contributed by atoms with Crippen LogP contribution in [0.5, 0.6) is 0 Å². The predicted octanol–water partition coefficient (Wildman–Crippen LogP) is 17.8. The third-order valence-corrected chi connectivity index (χ3v) is 18.6. The molecule has 7 aromatic rings. The number of fused-ring (bicyclic) bond motifs is 4. The summed E-state index contributed by atoms with van der Waals surface area (Å²) in [6.07, 6.45) is 8.82. The van der Waals surface area contributed by atoms with Crippen molar-refractivity contribution >= 4 is 47.9 Å². The zero-order chi connectivity index (χ0) is 65.2. The molecule has 2 aromatic heterocycles. The van der Waals surface area contributed by atoms with Crippen LogP contribution in [0.4, 0.5) is 28.6 Å². The van der Waals surface area contributed by atoms with Gasteiger partial charge in [0.2, 0.25) is 0 Å². The van der Waals surface area contributed by atoms with Gasteiger partial charge >= 0.3 is 13.9 Å². The van der Waals surface area contributed by atoms with Gasteiger partial charge in [0.05, 0.1) is 22.3 Å². The van der Waals surface area contributed by atoms with Crippen LogP contribution in [0, 0.1) is 75.1 Å². The van der Waals surface area contributed by atoms with Gasteiger partial charge in [-0.3, -0.25) is 0 Å². The number of nitrogens with zero attached hydrogens (tertiary/aromatic N) is 6. The quantitative estimate of drug-likeness (QED) is 0.0547. The van der Waals surface area contributed by atoms with Crippen LogP contribution in [-0.2, 0) is 0 Å². The average molecular weight is 1230 g/mol. The fourth-order valence-electron chi connectivity index (χ4n) is 14.0. The maximum Gasteiger partial charge on any atom is 0.737 e. The number of aromatic nitrogens is 2. The Kier molecular flexibility index (Phi) is 18.7. The molecule has 4 aliphatic rings. The van der Waals surface area contributed by atoms with E-state index in [4.69, 9.17) is 0 Å². The Balaban J connectivity index is 1.13. The van der Waals surface area contributed by atoms with Gasteiger partial charge in [-0.05, 0) is 174 Å². The van der Waals surface area contributed by atoms with Gasteiger partial charge in [0.25, 0.3) is 0 Å². The first-order valence-corrected chi connectivity index (χ1v) is 33.0. The van der Waals surface area contributed by atoms with E-state index in [1.165, 1.54) is 17.9 Å². The van der Waals surface area contributed by atoms with E-state index >= 15 is 17.3 Å². The molecule has 0 atom stereocenters. The number of allylic oxidation sites excluding steroid dienone is 4. The van der Waals surface area contributed by atoms with Crippen LogP contribution in [0.15, 0.2) is 167 Å². The molecule has 92 heavy (non-hydrogen) atoms. The van der Waals surface area contributed by atoms with Gasteiger partial charge in [-0.25, -0.2) is 0 Å². The second-order valence-corrected chi connectivity index (χ2v) is 25.1. The summed E-state index contributed by atoms with van der Waals surface area (Å²) in [5.74, 6) is 27.8. The van der Waals surface area contributed by atoms with Crippen molar-refractivity contribution in [3.63, 3.8) is 0 Å². The van der Waals surface area contributed by atoms with Crippen molar-refractivity contribution in [2.45, 2.75) is 134 Å². The van der Waals surface area contributed by atoms with Crippen molar-refractivity contribution in [2.24, 2.45) is 0 Å². The Hall–Kier alpha value is -9.35. The maximum absolute atomic E-state index is 17.5. The summed E-state index contributed by atoms with van der Waals surface area (Å²) in [4.78, 5) is 4.90. The highest BCUT2D eigenvalue weighted by atomic mass is 19.3. The first-order valence-electron chi connectivity index (χ1n) is 33.0. The van der Waals surface area contributed by atoms with Crippen LogP contribution < -0.4 is 9.80 Å². The number of benzene rings is 5.